The van der Waals surface area contributed by atoms with Gasteiger partial charge in [-0.1, -0.05) is 24.3 Å². The van der Waals surface area contributed by atoms with E-state index in [1.807, 2.05) is 0 Å². The van der Waals surface area contributed by atoms with Gasteiger partial charge in [0.05, 0.1) is 5.56 Å². The number of nitrogens with one attached hydrogen (secondary N) is 1. The number of phenolic OH excluding ortho intramolecular Hbond substituents is 2. The fraction of sp³-hybridized carbons (Fsp3) is 0.105. The highest BCUT2D eigenvalue weighted by Crippen LogP contribution is 2.35. The molecule has 2 amide bonds. The highest BCUT2D eigenvalue weighted by molar-refractivity contribution is 7.14. The molecule has 0 fully saturated rings. The molecule has 9 heteroatoms. The monoisotopic (exact) mass is 400 g/mol. The molecule has 0 aliphatic carbocycles. The molecule has 1 atom stereocenters. The van der Waals surface area contributed by atoms with E-state index >= 15 is 0 Å². The van der Waals surface area contributed by atoms with Gasteiger partial charge >= 0.3 is 5.97 Å². The molecule has 0 radical (unpaired) electrons. The van der Waals surface area contributed by atoms with Crippen LogP contribution in [0, 0.1) is 0 Å². The zero-order chi connectivity index (χ0) is 20.4. The molecule has 0 aliphatic heterocycles. The van der Waals surface area contributed by atoms with Crippen molar-refractivity contribution in [1.82, 2.24) is 0 Å². The zero-order valence-corrected chi connectivity index (χ0v) is 15.4. The summed E-state index contributed by atoms with van der Waals surface area (Å²) >= 11 is 1.10. The van der Waals surface area contributed by atoms with Crippen molar-refractivity contribution in [3.63, 3.8) is 0 Å². The number of amides is 2. The third-order valence-corrected chi connectivity index (χ3v) is 4.86. The van der Waals surface area contributed by atoms with E-state index in [0.29, 0.717) is 5.39 Å². The Labute approximate surface area is 163 Å². The van der Waals surface area contributed by atoms with Gasteiger partial charge < -0.3 is 26.0 Å². The summed E-state index contributed by atoms with van der Waals surface area (Å²) in [4.78, 5) is 36.0. The third kappa shape index (κ3) is 3.60. The maximum absolute atomic E-state index is 12.4. The van der Waals surface area contributed by atoms with Crippen LogP contribution in [0.3, 0.4) is 0 Å². The number of anilines is 1. The molecule has 0 unspecified atom stereocenters. The molecular formula is C19H16N2O6S. The number of primary amides is 1. The lowest BCUT2D eigenvalue weighted by atomic mass is 10.0. The molecule has 28 heavy (non-hydrogen) atoms. The summed E-state index contributed by atoms with van der Waals surface area (Å²) in [5, 5.41) is 25.4. The van der Waals surface area contributed by atoms with Crippen LogP contribution in [0.2, 0.25) is 0 Å². The standard InChI is InChI=1S/C19H16N2O6S/c1-9(17(25)21-18-12(16(20)24)6-7-28-18)27-19(26)13-8-14(22)10-4-2-3-5-11(10)15(13)23/h2-9,22-23H,1H3,(H2,20,24)(H,21,25)/t9-/m0/s1. The van der Waals surface area contributed by atoms with Crippen LogP contribution in [0.5, 0.6) is 11.5 Å². The Morgan fingerprint density at radius 1 is 1.11 bits per heavy atom. The minimum atomic E-state index is -1.23. The van der Waals surface area contributed by atoms with Crippen molar-refractivity contribution in [1.29, 1.82) is 0 Å². The van der Waals surface area contributed by atoms with E-state index in [1.165, 1.54) is 13.0 Å². The number of aromatic hydroxyl groups is 2. The number of hydrogen-bond donors (Lipinski definition) is 4. The normalized spacial score (nSPS) is 11.8. The molecule has 0 saturated heterocycles. The van der Waals surface area contributed by atoms with Gasteiger partial charge in [-0.05, 0) is 24.4 Å². The maximum atomic E-state index is 12.4. The van der Waals surface area contributed by atoms with E-state index < -0.39 is 23.9 Å². The van der Waals surface area contributed by atoms with Gasteiger partial charge in [-0.3, -0.25) is 9.59 Å². The summed E-state index contributed by atoms with van der Waals surface area (Å²) in [6, 6.07) is 9.00. The summed E-state index contributed by atoms with van der Waals surface area (Å²) in [5.74, 6) is -2.93. The number of fused-ring (bicyclic) bond motifs is 1. The number of carbonyl (C=O) groups is 3. The number of carbonyl (C=O) groups excluding carboxylic acids is 3. The first-order valence-electron chi connectivity index (χ1n) is 8.12. The average Bonchev–Trinajstić information content (AvgIpc) is 3.13. The van der Waals surface area contributed by atoms with Gasteiger partial charge in [0.2, 0.25) is 0 Å². The van der Waals surface area contributed by atoms with Gasteiger partial charge in [0.15, 0.2) is 6.10 Å². The van der Waals surface area contributed by atoms with Crippen LogP contribution in [0.15, 0.2) is 41.8 Å². The molecule has 0 spiro atoms. The Morgan fingerprint density at radius 3 is 2.46 bits per heavy atom. The summed E-state index contributed by atoms with van der Waals surface area (Å²) < 4.78 is 5.10. The predicted molar refractivity (Wildman–Crippen MR) is 104 cm³/mol. The lowest BCUT2D eigenvalue weighted by molar-refractivity contribution is -0.123. The van der Waals surface area contributed by atoms with Crippen LogP contribution >= 0.6 is 11.3 Å². The van der Waals surface area contributed by atoms with Crippen molar-refractivity contribution in [3.8, 4) is 11.5 Å². The lowest BCUT2D eigenvalue weighted by Gasteiger charge is -2.15. The molecular weight excluding hydrogens is 384 g/mol. The molecule has 3 aromatic rings. The van der Waals surface area contributed by atoms with Crippen molar-refractivity contribution < 1.29 is 29.3 Å². The molecule has 5 N–H and O–H groups in total. The van der Waals surface area contributed by atoms with E-state index in [-0.39, 0.29) is 33.0 Å². The summed E-state index contributed by atoms with van der Waals surface area (Å²) in [7, 11) is 0. The van der Waals surface area contributed by atoms with Gasteiger partial charge in [0, 0.05) is 10.8 Å². The van der Waals surface area contributed by atoms with Gasteiger partial charge in [0.1, 0.15) is 22.1 Å². The molecule has 0 bridgehead atoms. The van der Waals surface area contributed by atoms with E-state index in [0.717, 1.165) is 17.4 Å². The van der Waals surface area contributed by atoms with Crippen LogP contribution in [0.1, 0.15) is 27.6 Å². The van der Waals surface area contributed by atoms with E-state index in [4.69, 9.17) is 10.5 Å². The van der Waals surface area contributed by atoms with Gasteiger partial charge in [-0.15, -0.1) is 11.3 Å². The average molecular weight is 400 g/mol. The van der Waals surface area contributed by atoms with Crippen LogP contribution in [0.4, 0.5) is 5.00 Å². The lowest BCUT2D eigenvalue weighted by Crippen LogP contribution is -2.30. The molecule has 2 aromatic carbocycles. The number of benzene rings is 2. The smallest absolute Gasteiger partial charge is 0.342 e. The van der Waals surface area contributed by atoms with Gasteiger partial charge in [0.25, 0.3) is 11.8 Å². The van der Waals surface area contributed by atoms with Crippen LogP contribution in [0.25, 0.3) is 10.8 Å². The molecule has 1 heterocycles. The quantitative estimate of drug-likeness (QED) is 0.383. The Bertz CT molecular complexity index is 1090. The third-order valence-electron chi connectivity index (χ3n) is 4.03. The van der Waals surface area contributed by atoms with Crippen molar-refractivity contribution in [2.45, 2.75) is 13.0 Å². The minimum Gasteiger partial charge on any atom is -0.507 e. The highest BCUT2D eigenvalue weighted by Gasteiger charge is 2.24. The fourth-order valence-electron chi connectivity index (χ4n) is 2.59. The van der Waals surface area contributed by atoms with Crippen LogP contribution in [-0.4, -0.2) is 34.1 Å². The Hall–Kier alpha value is -3.59. The number of hydrogen-bond acceptors (Lipinski definition) is 7. The van der Waals surface area contributed by atoms with E-state index in [1.54, 1.807) is 29.6 Å². The fourth-order valence-corrected chi connectivity index (χ4v) is 3.38. The van der Waals surface area contributed by atoms with Crippen molar-refractivity contribution in [2.24, 2.45) is 5.73 Å². The van der Waals surface area contributed by atoms with E-state index in [2.05, 4.69) is 5.32 Å². The molecule has 0 saturated carbocycles. The maximum Gasteiger partial charge on any atom is 0.342 e. The van der Waals surface area contributed by atoms with Gasteiger partial charge in [-0.25, -0.2) is 4.79 Å². The number of nitrogens with two attached hydrogens (primary N) is 1. The highest BCUT2D eigenvalue weighted by atomic mass is 32.1. The molecule has 144 valence electrons. The first-order valence-corrected chi connectivity index (χ1v) is 9.00. The van der Waals surface area contributed by atoms with Gasteiger partial charge in [-0.2, -0.15) is 0 Å². The number of esters is 1. The number of rotatable bonds is 5. The van der Waals surface area contributed by atoms with Crippen LogP contribution in [-0.2, 0) is 9.53 Å². The van der Waals surface area contributed by atoms with Crippen LogP contribution < -0.4 is 11.1 Å². The molecule has 3 rings (SSSR count). The van der Waals surface area contributed by atoms with Crippen molar-refractivity contribution >= 4 is 44.9 Å². The predicted octanol–water partition coefficient (Wildman–Crippen LogP) is 2.60. The second-order valence-electron chi connectivity index (χ2n) is 5.90. The first kappa shape index (κ1) is 19.2. The van der Waals surface area contributed by atoms with Crippen molar-refractivity contribution in [3.05, 3.63) is 52.9 Å². The SMILES string of the molecule is C[C@H](OC(=O)c1cc(O)c2ccccc2c1O)C(=O)Nc1sccc1C(N)=O. The largest absolute Gasteiger partial charge is 0.507 e. The Morgan fingerprint density at radius 2 is 1.79 bits per heavy atom. The molecule has 0 aliphatic rings. The molecule has 8 nitrogen and oxygen atoms in total. The minimum absolute atomic E-state index is 0.147. The number of phenols is 2. The topological polar surface area (TPSA) is 139 Å². The second-order valence-corrected chi connectivity index (χ2v) is 6.82. The second kappa shape index (κ2) is 7.57. The number of ether oxygens (including phenoxy) is 1. The van der Waals surface area contributed by atoms with Crippen molar-refractivity contribution in [2.75, 3.05) is 5.32 Å². The summed E-state index contributed by atoms with van der Waals surface area (Å²) in [6.45, 7) is 1.34. The first-order chi connectivity index (χ1) is 13.3. The molecule has 1 aromatic heterocycles. The number of thiophene rings is 1. The summed E-state index contributed by atoms with van der Waals surface area (Å²) in [6.07, 6.45) is -1.23. The zero-order valence-electron chi connectivity index (χ0n) is 14.6. The summed E-state index contributed by atoms with van der Waals surface area (Å²) in [5.41, 5.74) is 5.10. The van der Waals surface area contributed by atoms with E-state index in [9.17, 15) is 24.6 Å². The Kier molecular flexibility index (Phi) is 5.18. The Balaban J connectivity index is 1.78.